The van der Waals surface area contributed by atoms with E-state index in [1.54, 1.807) is 29.2 Å². The van der Waals surface area contributed by atoms with E-state index in [0.717, 1.165) is 22.4 Å². The number of nitrogens with one attached hydrogen (secondary N) is 1. The molecule has 1 atom stereocenters. The molecule has 32 heavy (non-hydrogen) atoms. The summed E-state index contributed by atoms with van der Waals surface area (Å²) in [5, 5.41) is 6.92. The number of para-hydroxylation sites is 3. The topological polar surface area (TPSA) is 93.5 Å². The first-order chi connectivity index (χ1) is 15.5. The van der Waals surface area contributed by atoms with Gasteiger partial charge in [-0.05, 0) is 50.1 Å². The van der Waals surface area contributed by atoms with Gasteiger partial charge >= 0.3 is 0 Å². The third kappa shape index (κ3) is 4.25. The fourth-order valence-electron chi connectivity index (χ4n) is 3.85. The van der Waals surface area contributed by atoms with E-state index < -0.39 is 11.5 Å². The number of benzene rings is 2. The molecule has 1 aromatic heterocycles. The highest BCUT2D eigenvalue weighted by Gasteiger charge is 2.32. The van der Waals surface area contributed by atoms with E-state index in [2.05, 4.69) is 10.4 Å². The van der Waals surface area contributed by atoms with Crippen LogP contribution in [0.25, 0.3) is 0 Å². The number of hydrogen-bond donors (Lipinski definition) is 1. The molecule has 2 aromatic carbocycles. The number of ether oxygens (including phenoxy) is 1. The van der Waals surface area contributed by atoms with Crippen molar-refractivity contribution in [1.82, 2.24) is 9.78 Å². The molecule has 0 spiro atoms. The van der Waals surface area contributed by atoms with E-state index >= 15 is 0 Å². The van der Waals surface area contributed by atoms with Crippen molar-refractivity contribution in [2.45, 2.75) is 32.9 Å². The maximum atomic E-state index is 13.2. The van der Waals surface area contributed by atoms with E-state index in [0.29, 0.717) is 18.0 Å². The van der Waals surface area contributed by atoms with Crippen molar-refractivity contribution in [2.75, 3.05) is 16.8 Å². The van der Waals surface area contributed by atoms with Gasteiger partial charge in [0.25, 0.3) is 11.5 Å². The molecule has 0 aliphatic carbocycles. The Morgan fingerprint density at radius 1 is 1.09 bits per heavy atom. The fraction of sp³-hybridized carbons (Fsp3) is 0.250. The van der Waals surface area contributed by atoms with E-state index in [-0.39, 0.29) is 24.2 Å². The summed E-state index contributed by atoms with van der Waals surface area (Å²) < 4.78 is 6.51. The van der Waals surface area contributed by atoms with Crippen LogP contribution in [-0.2, 0) is 17.8 Å². The molecule has 0 unspecified atom stereocenters. The van der Waals surface area contributed by atoms with Crippen LogP contribution >= 0.6 is 0 Å². The van der Waals surface area contributed by atoms with Crippen molar-refractivity contribution < 1.29 is 14.3 Å². The zero-order chi connectivity index (χ0) is 22.7. The SMILES string of the molecule is CCOc1ccccc1NC(=O)Cn1nc(C(=O)N2c3ccccc3C[C@H]2C)ccc1=O. The molecule has 2 heterocycles. The van der Waals surface area contributed by atoms with Crippen LogP contribution in [-0.4, -0.2) is 34.2 Å². The summed E-state index contributed by atoms with van der Waals surface area (Å²) in [7, 11) is 0. The summed E-state index contributed by atoms with van der Waals surface area (Å²) in [6, 6.07) is 17.4. The van der Waals surface area contributed by atoms with Crippen LogP contribution in [0.15, 0.2) is 65.5 Å². The molecule has 0 saturated heterocycles. The van der Waals surface area contributed by atoms with Crippen LogP contribution in [0.4, 0.5) is 11.4 Å². The number of anilines is 2. The van der Waals surface area contributed by atoms with E-state index in [4.69, 9.17) is 4.74 Å². The summed E-state index contributed by atoms with van der Waals surface area (Å²) in [6.07, 6.45) is 0.753. The standard InChI is InChI=1S/C24H24N4O4/c1-3-32-21-11-7-5-9-18(21)25-22(29)15-27-23(30)13-12-19(26-27)24(31)28-16(2)14-17-8-4-6-10-20(17)28/h4-13,16H,3,14-15H2,1-2H3,(H,25,29)/t16-/m1/s1. The van der Waals surface area contributed by atoms with Crippen molar-refractivity contribution in [1.29, 1.82) is 0 Å². The summed E-state index contributed by atoms with van der Waals surface area (Å²) in [5.41, 5.74) is 2.08. The molecule has 4 rings (SSSR count). The third-order valence-electron chi connectivity index (χ3n) is 5.27. The van der Waals surface area contributed by atoms with Gasteiger partial charge in [0, 0.05) is 17.8 Å². The predicted octanol–water partition coefficient (Wildman–Crippen LogP) is 2.87. The quantitative estimate of drug-likeness (QED) is 0.647. The number of hydrogen-bond acceptors (Lipinski definition) is 5. The van der Waals surface area contributed by atoms with Gasteiger partial charge < -0.3 is 15.0 Å². The lowest BCUT2D eigenvalue weighted by Crippen LogP contribution is -2.38. The van der Waals surface area contributed by atoms with Gasteiger partial charge in [0.2, 0.25) is 5.91 Å². The van der Waals surface area contributed by atoms with Crippen LogP contribution in [0.2, 0.25) is 0 Å². The number of aromatic nitrogens is 2. The molecular formula is C24H24N4O4. The van der Waals surface area contributed by atoms with E-state index in [9.17, 15) is 14.4 Å². The van der Waals surface area contributed by atoms with E-state index in [1.165, 1.54) is 12.1 Å². The highest BCUT2D eigenvalue weighted by Crippen LogP contribution is 2.32. The second-order valence-electron chi connectivity index (χ2n) is 7.55. The molecular weight excluding hydrogens is 408 g/mol. The first kappa shape index (κ1) is 21.3. The Hall–Kier alpha value is -3.94. The third-order valence-corrected chi connectivity index (χ3v) is 5.27. The molecule has 0 saturated carbocycles. The summed E-state index contributed by atoms with van der Waals surface area (Å²) in [4.78, 5) is 39.8. The molecule has 0 radical (unpaired) electrons. The number of amides is 2. The van der Waals surface area contributed by atoms with Crippen LogP contribution in [0, 0.1) is 0 Å². The Kier molecular flexibility index (Phi) is 6.02. The largest absolute Gasteiger partial charge is 0.492 e. The van der Waals surface area contributed by atoms with Gasteiger partial charge in [0.1, 0.15) is 18.0 Å². The molecule has 1 N–H and O–H groups in total. The van der Waals surface area contributed by atoms with Crippen molar-refractivity contribution in [3.8, 4) is 5.75 Å². The maximum absolute atomic E-state index is 13.2. The van der Waals surface area contributed by atoms with Gasteiger partial charge in [-0.3, -0.25) is 14.4 Å². The average molecular weight is 432 g/mol. The Morgan fingerprint density at radius 3 is 2.66 bits per heavy atom. The number of carbonyl (C=O) groups excluding carboxylic acids is 2. The Balaban J connectivity index is 1.54. The van der Waals surface area contributed by atoms with Crippen molar-refractivity contribution >= 4 is 23.2 Å². The zero-order valence-electron chi connectivity index (χ0n) is 17.9. The zero-order valence-corrected chi connectivity index (χ0v) is 17.9. The molecule has 164 valence electrons. The second kappa shape index (κ2) is 9.05. The molecule has 2 amide bonds. The molecule has 8 heteroatoms. The highest BCUT2D eigenvalue weighted by molar-refractivity contribution is 6.06. The fourth-order valence-corrected chi connectivity index (χ4v) is 3.85. The molecule has 8 nitrogen and oxygen atoms in total. The predicted molar refractivity (Wildman–Crippen MR) is 121 cm³/mol. The summed E-state index contributed by atoms with van der Waals surface area (Å²) >= 11 is 0. The Labute approximate surface area is 185 Å². The molecule has 3 aromatic rings. The van der Waals surface area contributed by atoms with Gasteiger partial charge in [-0.2, -0.15) is 5.10 Å². The van der Waals surface area contributed by atoms with Gasteiger partial charge in [-0.15, -0.1) is 0 Å². The minimum Gasteiger partial charge on any atom is -0.492 e. The maximum Gasteiger partial charge on any atom is 0.278 e. The van der Waals surface area contributed by atoms with Gasteiger partial charge in [0.05, 0.1) is 12.3 Å². The molecule has 1 aliphatic heterocycles. The minimum atomic E-state index is -0.468. The van der Waals surface area contributed by atoms with Crippen molar-refractivity contribution in [2.24, 2.45) is 0 Å². The first-order valence-electron chi connectivity index (χ1n) is 10.5. The number of fused-ring (bicyclic) bond motifs is 1. The smallest absolute Gasteiger partial charge is 0.278 e. The van der Waals surface area contributed by atoms with Crippen LogP contribution in [0.1, 0.15) is 29.9 Å². The molecule has 1 aliphatic rings. The van der Waals surface area contributed by atoms with Crippen molar-refractivity contribution in [3.63, 3.8) is 0 Å². The number of carbonyl (C=O) groups is 2. The first-order valence-corrected chi connectivity index (χ1v) is 10.5. The van der Waals surface area contributed by atoms with Gasteiger partial charge in [0.15, 0.2) is 0 Å². The number of nitrogens with zero attached hydrogens (tertiary/aromatic N) is 3. The summed E-state index contributed by atoms with van der Waals surface area (Å²) in [5.74, 6) is -0.219. The van der Waals surface area contributed by atoms with Gasteiger partial charge in [-0.1, -0.05) is 30.3 Å². The lowest BCUT2D eigenvalue weighted by Gasteiger charge is -2.22. The Morgan fingerprint density at radius 2 is 1.84 bits per heavy atom. The number of rotatable bonds is 6. The van der Waals surface area contributed by atoms with Crippen LogP contribution in [0.3, 0.4) is 0 Å². The van der Waals surface area contributed by atoms with E-state index in [1.807, 2.05) is 38.1 Å². The Bertz CT molecular complexity index is 1220. The second-order valence-corrected chi connectivity index (χ2v) is 7.55. The van der Waals surface area contributed by atoms with Gasteiger partial charge in [-0.25, -0.2) is 4.68 Å². The lowest BCUT2D eigenvalue weighted by molar-refractivity contribution is -0.117. The monoisotopic (exact) mass is 432 g/mol. The normalized spacial score (nSPS) is 14.7. The van der Waals surface area contributed by atoms with Crippen molar-refractivity contribution in [3.05, 3.63) is 82.3 Å². The molecule has 0 bridgehead atoms. The lowest BCUT2D eigenvalue weighted by atomic mass is 10.1. The van der Waals surface area contributed by atoms with Crippen LogP contribution in [0.5, 0.6) is 5.75 Å². The van der Waals surface area contributed by atoms with Crippen LogP contribution < -0.4 is 20.5 Å². The summed E-state index contributed by atoms with van der Waals surface area (Å²) in [6.45, 7) is 3.95. The minimum absolute atomic E-state index is 0.0274. The highest BCUT2D eigenvalue weighted by atomic mass is 16.5. The average Bonchev–Trinajstić information content (AvgIpc) is 3.12. The molecule has 0 fully saturated rings.